The molecule has 6 rings (SSSR count). The minimum absolute atomic E-state index is 0.0445. The van der Waals surface area contributed by atoms with Crippen molar-refractivity contribution in [2.75, 3.05) is 24.7 Å². The van der Waals surface area contributed by atoms with Crippen LogP contribution in [0.2, 0.25) is 0 Å². The second-order valence-corrected chi connectivity index (χ2v) is 11.3. The predicted octanol–water partition coefficient (Wildman–Crippen LogP) is 5.27. The summed E-state index contributed by atoms with van der Waals surface area (Å²) in [4.78, 5) is 34.3. The van der Waals surface area contributed by atoms with Crippen LogP contribution in [0.15, 0.2) is 73.1 Å². The maximum Gasteiger partial charge on any atom is 0.417 e. The number of anilines is 1. The first kappa shape index (κ1) is 28.1. The van der Waals surface area contributed by atoms with E-state index in [0.717, 1.165) is 6.07 Å². The summed E-state index contributed by atoms with van der Waals surface area (Å²) in [6.45, 7) is 0.773. The van der Waals surface area contributed by atoms with E-state index in [1.54, 1.807) is 70.2 Å². The Kier molecular flexibility index (Phi) is 7.15. The van der Waals surface area contributed by atoms with Crippen molar-refractivity contribution in [3.8, 4) is 16.9 Å². The van der Waals surface area contributed by atoms with Gasteiger partial charge in [0.25, 0.3) is 5.91 Å². The second-order valence-electron chi connectivity index (χ2n) is 10.1. The lowest BCUT2D eigenvalue weighted by atomic mass is 9.85. The Morgan fingerprint density at radius 3 is 2.38 bits per heavy atom. The predicted molar refractivity (Wildman–Crippen MR) is 154 cm³/mol. The van der Waals surface area contributed by atoms with E-state index >= 15 is 0 Å². The monoisotopic (exact) mass is 690 g/mol. The van der Waals surface area contributed by atoms with Crippen molar-refractivity contribution in [2.24, 2.45) is 0 Å². The molecule has 1 N–H and O–H groups in total. The molecule has 2 aromatic carbocycles. The van der Waals surface area contributed by atoms with Crippen LogP contribution in [-0.2, 0) is 11.0 Å². The second kappa shape index (κ2) is 10.7. The van der Waals surface area contributed by atoms with Crippen molar-refractivity contribution in [1.29, 1.82) is 0 Å². The molecule has 0 aliphatic carbocycles. The zero-order valence-electron chi connectivity index (χ0n) is 21.9. The first-order valence-corrected chi connectivity index (χ1v) is 14.1. The quantitative estimate of drug-likeness (QED) is 0.234. The number of carbonyl (C=O) groups excluding carboxylic acids is 2. The third-order valence-electron chi connectivity index (χ3n) is 7.74. The summed E-state index contributed by atoms with van der Waals surface area (Å²) in [6.07, 6.45) is -0.771. The van der Waals surface area contributed by atoms with Crippen LogP contribution < -0.4 is 10.2 Å². The maximum atomic E-state index is 13.7. The number of rotatable bonds is 4. The fourth-order valence-corrected chi connectivity index (χ4v) is 6.19. The average molecular weight is 690 g/mol. The summed E-state index contributed by atoms with van der Waals surface area (Å²) in [5.74, 6) is -0.931. The number of carbonyl (C=O) groups is 2. The highest BCUT2D eigenvalue weighted by Gasteiger charge is 2.51. The Bertz CT molecular complexity index is 1650. The highest BCUT2D eigenvalue weighted by atomic mass is 127. The number of nitrogens with zero attached hydrogens (tertiary/aromatic N) is 5. The molecule has 2 saturated heterocycles. The van der Waals surface area contributed by atoms with Crippen LogP contribution in [0, 0.1) is 9.39 Å². The molecule has 2 aliphatic rings. The van der Waals surface area contributed by atoms with E-state index in [4.69, 9.17) is 0 Å². The number of hydrogen-bond donors (Lipinski definition) is 1. The van der Waals surface area contributed by atoms with Gasteiger partial charge in [-0.3, -0.25) is 14.6 Å². The van der Waals surface area contributed by atoms with Gasteiger partial charge in [-0.1, -0.05) is 0 Å². The maximum absolute atomic E-state index is 13.7. The van der Waals surface area contributed by atoms with Crippen molar-refractivity contribution in [3.63, 3.8) is 0 Å². The Morgan fingerprint density at radius 1 is 1.00 bits per heavy atom. The van der Waals surface area contributed by atoms with Crippen LogP contribution in [0.1, 0.15) is 28.9 Å². The molecule has 0 bridgehead atoms. The Balaban J connectivity index is 1.30. The number of nitrogens with one attached hydrogen (secondary N) is 1. The first-order valence-electron chi connectivity index (χ1n) is 13.1. The molecule has 13 heteroatoms. The van der Waals surface area contributed by atoms with Crippen LogP contribution in [0.25, 0.3) is 16.9 Å². The zero-order valence-corrected chi connectivity index (χ0v) is 24.1. The van der Waals surface area contributed by atoms with E-state index in [9.17, 15) is 27.2 Å². The normalized spacial score (nSPS) is 16.6. The van der Waals surface area contributed by atoms with Gasteiger partial charge in [-0.25, -0.2) is 9.07 Å². The summed E-state index contributed by atoms with van der Waals surface area (Å²) in [7, 11) is 0. The molecule has 1 spiro atoms. The van der Waals surface area contributed by atoms with Gasteiger partial charge < -0.3 is 15.1 Å². The molecule has 216 valence electrons. The molecular formula is C29H23F4IN6O2. The average Bonchev–Trinajstić information content (AvgIpc) is 3.56. The van der Waals surface area contributed by atoms with Gasteiger partial charge in [0.1, 0.15) is 11.4 Å². The molecule has 0 unspecified atom stereocenters. The Labute approximate surface area is 251 Å². The number of hydrogen-bond acceptors (Lipinski definition) is 5. The topological polar surface area (TPSA) is 83.4 Å². The molecule has 2 amide bonds. The number of benzene rings is 2. The standard InChI is InChI=1S/C29H23F4IN6O2/c30-19-3-5-20(6-4-19)39-17-36-27(42)28(39)9-12-38(13-10-28)26(41)24-15-25(18-2-1-11-35-16-18)40(37-24)21-7-8-23(34)22(14-21)29(31,32)33/h1-8,11,14-16H,9-10,12-13,17H2,(H,36,42). The summed E-state index contributed by atoms with van der Waals surface area (Å²) in [5, 5.41) is 7.33. The van der Waals surface area contributed by atoms with Crippen LogP contribution in [-0.4, -0.2) is 56.8 Å². The lowest BCUT2D eigenvalue weighted by Gasteiger charge is -2.43. The Hall–Kier alpha value is -4.01. The van der Waals surface area contributed by atoms with E-state index in [1.165, 1.54) is 28.9 Å². The summed E-state index contributed by atoms with van der Waals surface area (Å²) in [5.41, 5.74) is 0.203. The third-order valence-corrected chi connectivity index (χ3v) is 8.68. The Morgan fingerprint density at radius 2 is 1.71 bits per heavy atom. The lowest BCUT2D eigenvalue weighted by Crippen LogP contribution is -2.57. The number of pyridine rings is 1. The minimum atomic E-state index is -4.56. The van der Waals surface area contributed by atoms with Gasteiger partial charge in [-0.15, -0.1) is 0 Å². The van der Waals surface area contributed by atoms with E-state index in [1.807, 2.05) is 4.90 Å². The van der Waals surface area contributed by atoms with Crippen molar-refractivity contribution in [2.45, 2.75) is 24.6 Å². The molecule has 8 nitrogen and oxygen atoms in total. The van der Waals surface area contributed by atoms with E-state index < -0.39 is 23.2 Å². The summed E-state index contributed by atoms with van der Waals surface area (Å²) in [6, 6.07) is 14.8. The molecule has 0 saturated carbocycles. The minimum Gasteiger partial charge on any atom is -0.339 e. The summed E-state index contributed by atoms with van der Waals surface area (Å²) >= 11 is 1.64. The van der Waals surface area contributed by atoms with Crippen LogP contribution in [0.5, 0.6) is 0 Å². The highest BCUT2D eigenvalue weighted by molar-refractivity contribution is 14.1. The van der Waals surface area contributed by atoms with Crippen molar-refractivity contribution < 1.29 is 27.2 Å². The molecule has 42 heavy (non-hydrogen) atoms. The van der Waals surface area contributed by atoms with Gasteiger partial charge in [0.05, 0.1) is 23.6 Å². The van der Waals surface area contributed by atoms with Gasteiger partial charge in [-0.2, -0.15) is 18.3 Å². The molecule has 2 fully saturated rings. The number of piperidine rings is 1. The zero-order chi connectivity index (χ0) is 29.6. The van der Waals surface area contributed by atoms with Gasteiger partial charge in [0, 0.05) is 40.3 Å². The smallest absolute Gasteiger partial charge is 0.339 e. The van der Waals surface area contributed by atoms with Crippen molar-refractivity contribution in [1.82, 2.24) is 25.0 Å². The largest absolute Gasteiger partial charge is 0.417 e. The molecule has 4 aromatic rings. The number of likely N-dealkylation sites (tertiary alicyclic amines) is 1. The highest BCUT2D eigenvalue weighted by Crippen LogP contribution is 2.38. The summed E-state index contributed by atoms with van der Waals surface area (Å²) < 4.78 is 56.0. The molecular weight excluding hydrogens is 667 g/mol. The van der Waals surface area contributed by atoms with Crippen molar-refractivity contribution in [3.05, 3.63) is 93.7 Å². The van der Waals surface area contributed by atoms with Crippen LogP contribution in [0.3, 0.4) is 0 Å². The number of aromatic nitrogens is 3. The number of halogens is 5. The molecule has 4 heterocycles. The number of alkyl halides is 3. The molecule has 0 atom stereocenters. The van der Waals surface area contributed by atoms with E-state index in [-0.39, 0.29) is 46.4 Å². The molecule has 2 aliphatic heterocycles. The molecule has 0 radical (unpaired) electrons. The van der Waals surface area contributed by atoms with Gasteiger partial charge >= 0.3 is 6.18 Å². The SMILES string of the molecule is O=C(c1cc(-c2cccnc2)n(-c2ccc(I)c(C(F)(F)F)c2)n1)N1CCC2(CC1)C(=O)NCN2c1ccc(F)cc1. The van der Waals surface area contributed by atoms with E-state index in [2.05, 4.69) is 15.4 Å². The number of amides is 2. The van der Waals surface area contributed by atoms with Crippen LogP contribution in [0.4, 0.5) is 23.2 Å². The van der Waals surface area contributed by atoms with Crippen LogP contribution >= 0.6 is 22.6 Å². The lowest BCUT2D eigenvalue weighted by molar-refractivity contribution is -0.138. The molecule has 2 aromatic heterocycles. The van der Waals surface area contributed by atoms with Gasteiger partial charge in [0.15, 0.2) is 5.69 Å². The van der Waals surface area contributed by atoms with Gasteiger partial charge in [-0.05, 0) is 96.1 Å². The third kappa shape index (κ3) is 4.99. The first-order chi connectivity index (χ1) is 20.1. The fraction of sp³-hybridized carbons (Fsp3) is 0.241. The van der Waals surface area contributed by atoms with Crippen molar-refractivity contribution >= 4 is 40.1 Å². The van der Waals surface area contributed by atoms with E-state index in [0.29, 0.717) is 29.8 Å². The fourth-order valence-electron chi connectivity index (χ4n) is 5.55. The van der Waals surface area contributed by atoms with Gasteiger partial charge in [0.2, 0.25) is 5.91 Å².